The van der Waals surface area contributed by atoms with E-state index in [0.29, 0.717) is 12.3 Å². The molecule has 1 aliphatic carbocycles. The predicted octanol–water partition coefficient (Wildman–Crippen LogP) is 4.01. The van der Waals surface area contributed by atoms with E-state index < -0.39 is 11.4 Å². The van der Waals surface area contributed by atoms with E-state index >= 15 is 0 Å². The van der Waals surface area contributed by atoms with Crippen molar-refractivity contribution in [1.82, 2.24) is 0 Å². The molecule has 2 atom stereocenters. The molecule has 0 aromatic heterocycles. The van der Waals surface area contributed by atoms with Crippen LogP contribution in [0.15, 0.2) is 12.2 Å². The zero-order valence-corrected chi connectivity index (χ0v) is 10.6. The molecule has 0 radical (unpaired) electrons. The Morgan fingerprint density at radius 1 is 1.50 bits per heavy atom. The first-order valence-corrected chi connectivity index (χ1v) is 6.44. The summed E-state index contributed by atoms with van der Waals surface area (Å²) in [6.45, 7) is 8.20. The van der Waals surface area contributed by atoms with Gasteiger partial charge in [0.25, 0.3) is 0 Å². The van der Waals surface area contributed by atoms with Crippen molar-refractivity contribution in [2.75, 3.05) is 0 Å². The van der Waals surface area contributed by atoms with Crippen LogP contribution in [0, 0.1) is 11.3 Å². The molecule has 1 saturated carbocycles. The number of carboxylic acids is 1. The lowest BCUT2D eigenvalue weighted by atomic mass is 9.66. The van der Waals surface area contributed by atoms with Crippen LogP contribution in [0.3, 0.4) is 0 Å². The van der Waals surface area contributed by atoms with Crippen molar-refractivity contribution in [3.8, 4) is 0 Å². The second-order valence-electron chi connectivity index (χ2n) is 5.24. The van der Waals surface area contributed by atoms with E-state index in [4.69, 9.17) is 0 Å². The molecular formula is C14H24O2. The molecule has 0 amide bonds. The molecule has 2 heteroatoms. The third-order valence-corrected chi connectivity index (χ3v) is 4.07. The first kappa shape index (κ1) is 13.3. The molecular weight excluding hydrogens is 200 g/mol. The molecule has 0 aliphatic heterocycles. The second kappa shape index (κ2) is 5.51. The molecule has 1 rings (SSSR count). The van der Waals surface area contributed by atoms with Gasteiger partial charge in [-0.05, 0) is 31.6 Å². The second-order valence-corrected chi connectivity index (χ2v) is 5.24. The van der Waals surface area contributed by atoms with Crippen LogP contribution in [0.5, 0.6) is 0 Å². The standard InChI is InChI=1S/C14H24O2/c1-4-11(3)9-14(13(15)16)8-6-7-12(5-2)10-14/h12H,3-10H2,1-2H3,(H,15,16). The van der Waals surface area contributed by atoms with Crippen LogP contribution >= 0.6 is 0 Å². The van der Waals surface area contributed by atoms with Crippen molar-refractivity contribution in [3.63, 3.8) is 0 Å². The topological polar surface area (TPSA) is 37.3 Å². The van der Waals surface area contributed by atoms with Gasteiger partial charge in [-0.3, -0.25) is 4.79 Å². The monoisotopic (exact) mass is 224 g/mol. The number of hydrogen-bond acceptors (Lipinski definition) is 1. The summed E-state index contributed by atoms with van der Waals surface area (Å²) in [5, 5.41) is 9.51. The van der Waals surface area contributed by atoms with Crippen molar-refractivity contribution in [1.29, 1.82) is 0 Å². The highest BCUT2D eigenvalue weighted by atomic mass is 16.4. The van der Waals surface area contributed by atoms with Gasteiger partial charge in [0.2, 0.25) is 0 Å². The minimum absolute atomic E-state index is 0.508. The lowest BCUT2D eigenvalue weighted by molar-refractivity contribution is -0.152. The molecule has 0 aromatic carbocycles. The van der Waals surface area contributed by atoms with Crippen LogP contribution in [-0.4, -0.2) is 11.1 Å². The lowest BCUT2D eigenvalue weighted by Crippen LogP contribution is -2.36. The Morgan fingerprint density at radius 3 is 2.69 bits per heavy atom. The van der Waals surface area contributed by atoms with Crippen LogP contribution in [0.4, 0.5) is 0 Å². The maximum atomic E-state index is 11.5. The smallest absolute Gasteiger partial charge is 0.309 e. The average Bonchev–Trinajstić information content (AvgIpc) is 2.28. The molecule has 0 saturated heterocycles. The molecule has 1 fully saturated rings. The van der Waals surface area contributed by atoms with Gasteiger partial charge in [0.15, 0.2) is 0 Å². The van der Waals surface area contributed by atoms with Crippen molar-refractivity contribution in [3.05, 3.63) is 12.2 Å². The average molecular weight is 224 g/mol. The molecule has 0 spiro atoms. The van der Waals surface area contributed by atoms with Gasteiger partial charge in [-0.1, -0.05) is 45.3 Å². The van der Waals surface area contributed by atoms with E-state index in [0.717, 1.165) is 37.7 Å². The zero-order valence-electron chi connectivity index (χ0n) is 10.6. The van der Waals surface area contributed by atoms with Gasteiger partial charge >= 0.3 is 5.97 Å². The number of rotatable bonds is 5. The Bertz CT molecular complexity index is 270. The van der Waals surface area contributed by atoms with Crippen LogP contribution < -0.4 is 0 Å². The molecule has 2 nitrogen and oxygen atoms in total. The molecule has 0 bridgehead atoms. The zero-order chi connectivity index (χ0) is 12.2. The molecule has 92 valence electrons. The maximum absolute atomic E-state index is 11.5. The molecule has 1 aliphatic rings. The lowest BCUT2D eigenvalue weighted by Gasteiger charge is -2.38. The Balaban J connectivity index is 2.79. The van der Waals surface area contributed by atoms with Gasteiger partial charge < -0.3 is 5.11 Å². The fraction of sp³-hybridized carbons (Fsp3) is 0.786. The Labute approximate surface area is 98.7 Å². The summed E-state index contributed by atoms with van der Waals surface area (Å²) in [5.74, 6) is -0.0187. The maximum Gasteiger partial charge on any atom is 0.309 e. The van der Waals surface area contributed by atoms with Crippen molar-refractivity contribution in [2.45, 2.75) is 58.8 Å². The van der Waals surface area contributed by atoms with Gasteiger partial charge in [-0.15, -0.1) is 0 Å². The van der Waals surface area contributed by atoms with Gasteiger partial charge in [-0.2, -0.15) is 0 Å². The summed E-state index contributed by atoms with van der Waals surface area (Å²) in [6, 6.07) is 0. The summed E-state index contributed by atoms with van der Waals surface area (Å²) in [7, 11) is 0. The molecule has 1 N–H and O–H groups in total. The van der Waals surface area contributed by atoms with E-state index in [1.165, 1.54) is 6.42 Å². The number of allylic oxidation sites excluding steroid dienone is 1. The van der Waals surface area contributed by atoms with Gasteiger partial charge in [0.1, 0.15) is 0 Å². The van der Waals surface area contributed by atoms with Crippen molar-refractivity contribution in [2.24, 2.45) is 11.3 Å². The number of hydrogen-bond donors (Lipinski definition) is 1. The number of carboxylic acid groups (broad SMARTS) is 1. The quantitative estimate of drug-likeness (QED) is 0.716. The van der Waals surface area contributed by atoms with Crippen LogP contribution in [-0.2, 0) is 4.79 Å². The number of aliphatic carboxylic acids is 1. The third kappa shape index (κ3) is 2.87. The highest BCUT2D eigenvalue weighted by molar-refractivity contribution is 5.75. The summed E-state index contributed by atoms with van der Waals surface area (Å²) < 4.78 is 0. The predicted molar refractivity (Wildman–Crippen MR) is 66.4 cm³/mol. The van der Waals surface area contributed by atoms with Gasteiger partial charge in [0.05, 0.1) is 5.41 Å². The normalized spacial score (nSPS) is 30.0. The molecule has 16 heavy (non-hydrogen) atoms. The first-order chi connectivity index (χ1) is 7.54. The van der Waals surface area contributed by atoms with Gasteiger partial charge in [0, 0.05) is 0 Å². The number of carbonyl (C=O) groups is 1. The van der Waals surface area contributed by atoms with E-state index in [9.17, 15) is 9.90 Å². The van der Waals surface area contributed by atoms with E-state index in [-0.39, 0.29) is 0 Å². The molecule has 0 heterocycles. The Hall–Kier alpha value is -0.790. The molecule has 0 aromatic rings. The van der Waals surface area contributed by atoms with Crippen molar-refractivity contribution < 1.29 is 9.90 Å². The van der Waals surface area contributed by atoms with E-state index in [1.807, 2.05) is 0 Å². The minimum atomic E-state index is -0.611. The Kier molecular flexibility index (Phi) is 4.57. The first-order valence-electron chi connectivity index (χ1n) is 6.44. The SMILES string of the molecule is C=C(CC)CC1(C(=O)O)CCCC(CC)C1. The summed E-state index contributed by atoms with van der Waals surface area (Å²) in [6.07, 6.45) is 6.61. The fourth-order valence-electron chi connectivity index (χ4n) is 2.87. The fourth-order valence-corrected chi connectivity index (χ4v) is 2.87. The van der Waals surface area contributed by atoms with Crippen LogP contribution in [0.2, 0.25) is 0 Å². The summed E-state index contributed by atoms with van der Waals surface area (Å²) in [5.41, 5.74) is 0.575. The van der Waals surface area contributed by atoms with E-state index in [2.05, 4.69) is 20.4 Å². The summed E-state index contributed by atoms with van der Waals surface area (Å²) >= 11 is 0. The van der Waals surface area contributed by atoms with Crippen LogP contribution in [0.1, 0.15) is 58.8 Å². The van der Waals surface area contributed by atoms with E-state index in [1.54, 1.807) is 0 Å². The molecule has 2 unspecified atom stereocenters. The third-order valence-electron chi connectivity index (χ3n) is 4.07. The van der Waals surface area contributed by atoms with Crippen molar-refractivity contribution >= 4 is 5.97 Å². The largest absolute Gasteiger partial charge is 0.481 e. The highest BCUT2D eigenvalue weighted by Gasteiger charge is 2.42. The van der Waals surface area contributed by atoms with Crippen LogP contribution in [0.25, 0.3) is 0 Å². The highest BCUT2D eigenvalue weighted by Crippen LogP contribution is 2.45. The summed E-state index contributed by atoms with van der Waals surface area (Å²) in [4.78, 5) is 11.5. The minimum Gasteiger partial charge on any atom is -0.481 e. The Morgan fingerprint density at radius 2 is 2.19 bits per heavy atom. The van der Waals surface area contributed by atoms with Gasteiger partial charge in [-0.25, -0.2) is 0 Å².